The van der Waals surface area contributed by atoms with Crippen LogP contribution in [-0.4, -0.2) is 36.7 Å². The number of rotatable bonds is 6. The Morgan fingerprint density at radius 2 is 2.20 bits per heavy atom. The Morgan fingerprint density at radius 1 is 1.47 bits per heavy atom. The van der Waals surface area contributed by atoms with Crippen molar-refractivity contribution in [2.24, 2.45) is 0 Å². The molecule has 0 aromatic carbocycles. The molecule has 0 amide bonds. The highest BCUT2D eigenvalue weighted by Crippen LogP contribution is 2.16. The van der Waals surface area contributed by atoms with Gasteiger partial charge in [-0.05, 0) is 30.8 Å². The van der Waals surface area contributed by atoms with E-state index in [0.717, 1.165) is 12.8 Å². The Kier molecular flexibility index (Phi) is 6.85. The first-order chi connectivity index (χ1) is 7.33. The van der Waals surface area contributed by atoms with Crippen LogP contribution in [0.25, 0.3) is 0 Å². The van der Waals surface area contributed by atoms with Crippen molar-refractivity contribution >= 4 is 17.7 Å². The fourth-order valence-corrected chi connectivity index (χ4v) is 2.62. The van der Waals surface area contributed by atoms with Crippen LogP contribution in [0.5, 0.6) is 0 Å². The first-order valence-electron chi connectivity index (χ1n) is 5.79. The van der Waals surface area contributed by atoms with Crippen molar-refractivity contribution in [1.29, 1.82) is 0 Å². The van der Waals surface area contributed by atoms with Gasteiger partial charge >= 0.3 is 5.97 Å². The maximum absolute atomic E-state index is 11.3. The number of nitrogens with one attached hydrogen (secondary N) is 1. The van der Waals surface area contributed by atoms with Crippen LogP contribution in [-0.2, 0) is 9.53 Å². The molecule has 1 N–H and O–H groups in total. The molecule has 0 unspecified atom stereocenters. The molecule has 0 saturated carbocycles. The summed E-state index contributed by atoms with van der Waals surface area (Å²) < 4.78 is 5.07. The predicted molar refractivity (Wildman–Crippen MR) is 64.2 cm³/mol. The van der Waals surface area contributed by atoms with Gasteiger partial charge in [0.25, 0.3) is 0 Å². The van der Waals surface area contributed by atoms with Crippen LogP contribution in [0.3, 0.4) is 0 Å². The van der Waals surface area contributed by atoms with Gasteiger partial charge in [0.2, 0.25) is 0 Å². The topological polar surface area (TPSA) is 38.3 Å². The van der Waals surface area contributed by atoms with E-state index in [2.05, 4.69) is 12.2 Å². The number of carbonyl (C=O) groups excluding carboxylic acids is 1. The van der Waals surface area contributed by atoms with Crippen molar-refractivity contribution in [2.45, 2.75) is 38.6 Å². The molecule has 0 atom stereocenters. The highest BCUT2D eigenvalue weighted by Gasteiger charge is 2.14. The monoisotopic (exact) mass is 231 g/mol. The minimum absolute atomic E-state index is 0.110. The summed E-state index contributed by atoms with van der Waals surface area (Å²) in [7, 11) is 0. The first-order valence-corrected chi connectivity index (χ1v) is 6.95. The third kappa shape index (κ3) is 6.05. The van der Waals surface area contributed by atoms with Crippen molar-refractivity contribution in [3.05, 3.63) is 0 Å². The first kappa shape index (κ1) is 12.8. The third-order valence-electron chi connectivity index (χ3n) is 2.52. The molecule has 88 valence electrons. The average molecular weight is 231 g/mol. The van der Waals surface area contributed by atoms with Gasteiger partial charge in [-0.1, -0.05) is 13.3 Å². The molecule has 1 saturated heterocycles. The summed E-state index contributed by atoms with van der Waals surface area (Å²) in [4.78, 5) is 11.3. The summed E-state index contributed by atoms with van der Waals surface area (Å²) >= 11 is 1.99. The van der Waals surface area contributed by atoms with Crippen molar-refractivity contribution < 1.29 is 9.53 Å². The van der Waals surface area contributed by atoms with Gasteiger partial charge in [0.05, 0.1) is 13.2 Å². The number of hydrogen-bond donors (Lipinski definition) is 1. The van der Waals surface area contributed by atoms with Gasteiger partial charge in [0.15, 0.2) is 0 Å². The molecule has 4 heteroatoms. The summed E-state index contributed by atoms with van der Waals surface area (Å²) in [6.07, 6.45) is 4.38. The van der Waals surface area contributed by atoms with E-state index in [1.807, 2.05) is 11.8 Å². The van der Waals surface area contributed by atoms with E-state index in [0.29, 0.717) is 19.2 Å². The highest BCUT2D eigenvalue weighted by atomic mass is 32.2. The molecule has 1 fully saturated rings. The lowest BCUT2D eigenvalue weighted by Gasteiger charge is -2.22. The summed E-state index contributed by atoms with van der Waals surface area (Å²) in [5.41, 5.74) is 0. The largest absolute Gasteiger partial charge is 0.465 e. The van der Waals surface area contributed by atoms with Crippen LogP contribution in [0.2, 0.25) is 0 Å². The van der Waals surface area contributed by atoms with Crippen LogP contribution in [0.15, 0.2) is 0 Å². The average Bonchev–Trinajstić information content (AvgIpc) is 2.28. The number of thioether (sulfide) groups is 1. The number of esters is 1. The summed E-state index contributed by atoms with van der Waals surface area (Å²) in [5.74, 6) is 2.31. The van der Waals surface area contributed by atoms with Crippen molar-refractivity contribution in [3.8, 4) is 0 Å². The predicted octanol–water partition coefficient (Wildman–Crippen LogP) is 1.81. The number of ether oxygens (including phenoxy) is 1. The summed E-state index contributed by atoms with van der Waals surface area (Å²) in [6.45, 7) is 3.03. The Morgan fingerprint density at radius 3 is 2.87 bits per heavy atom. The number of unbranched alkanes of at least 4 members (excludes halogenated alkanes) is 1. The number of carbonyl (C=O) groups is 1. The Hall–Kier alpha value is -0.220. The maximum atomic E-state index is 11.3. The maximum Gasteiger partial charge on any atom is 0.319 e. The van der Waals surface area contributed by atoms with Gasteiger partial charge < -0.3 is 10.1 Å². The fourth-order valence-electron chi connectivity index (χ4n) is 1.51. The van der Waals surface area contributed by atoms with Crippen molar-refractivity contribution in [2.75, 3.05) is 24.7 Å². The minimum Gasteiger partial charge on any atom is -0.465 e. The second kappa shape index (κ2) is 7.99. The van der Waals surface area contributed by atoms with Crippen LogP contribution < -0.4 is 5.32 Å². The van der Waals surface area contributed by atoms with Gasteiger partial charge in [-0.2, -0.15) is 11.8 Å². The quantitative estimate of drug-likeness (QED) is 0.559. The van der Waals surface area contributed by atoms with E-state index in [9.17, 15) is 4.79 Å². The Balaban J connectivity index is 2.00. The molecular weight excluding hydrogens is 210 g/mol. The molecule has 0 aromatic heterocycles. The van der Waals surface area contributed by atoms with Crippen LogP contribution in [0.4, 0.5) is 0 Å². The van der Waals surface area contributed by atoms with Gasteiger partial charge in [-0.3, -0.25) is 4.79 Å². The smallest absolute Gasteiger partial charge is 0.319 e. The van der Waals surface area contributed by atoms with E-state index in [1.54, 1.807) is 0 Å². The third-order valence-corrected chi connectivity index (χ3v) is 3.57. The molecule has 1 aliphatic rings. The lowest BCUT2D eigenvalue weighted by molar-refractivity contribution is -0.142. The molecule has 1 aliphatic heterocycles. The molecule has 0 radical (unpaired) electrons. The van der Waals surface area contributed by atoms with E-state index in [4.69, 9.17) is 4.74 Å². The fraction of sp³-hybridized carbons (Fsp3) is 0.909. The van der Waals surface area contributed by atoms with E-state index < -0.39 is 0 Å². The standard InChI is InChI=1S/C11H21NO2S/c1-2-3-6-14-11(13)9-12-10-4-7-15-8-5-10/h10,12H,2-9H2,1H3. The zero-order valence-electron chi connectivity index (χ0n) is 9.46. The van der Waals surface area contributed by atoms with Gasteiger partial charge in [0, 0.05) is 6.04 Å². The molecule has 1 rings (SSSR count). The zero-order chi connectivity index (χ0) is 10.9. The zero-order valence-corrected chi connectivity index (χ0v) is 10.3. The van der Waals surface area contributed by atoms with E-state index in [1.165, 1.54) is 24.3 Å². The van der Waals surface area contributed by atoms with Gasteiger partial charge in [0.1, 0.15) is 0 Å². The summed E-state index contributed by atoms with van der Waals surface area (Å²) in [6, 6.07) is 0.518. The second-order valence-corrected chi connectivity index (χ2v) is 5.07. The van der Waals surface area contributed by atoms with Crippen LogP contribution in [0, 0.1) is 0 Å². The Bertz CT molecular complexity index is 181. The second-order valence-electron chi connectivity index (χ2n) is 3.84. The van der Waals surface area contributed by atoms with Crippen LogP contribution in [0.1, 0.15) is 32.6 Å². The van der Waals surface area contributed by atoms with Gasteiger partial charge in [-0.15, -0.1) is 0 Å². The molecule has 0 bridgehead atoms. The molecule has 0 aliphatic carbocycles. The van der Waals surface area contributed by atoms with Crippen molar-refractivity contribution in [3.63, 3.8) is 0 Å². The lowest BCUT2D eigenvalue weighted by atomic mass is 10.1. The van der Waals surface area contributed by atoms with Crippen molar-refractivity contribution in [1.82, 2.24) is 5.32 Å². The number of hydrogen-bond acceptors (Lipinski definition) is 4. The van der Waals surface area contributed by atoms with E-state index >= 15 is 0 Å². The lowest BCUT2D eigenvalue weighted by Crippen LogP contribution is -2.36. The molecule has 0 spiro atoms. The molecular formula is C11H21NO2S. The molecule has 0 aromatic rings. The minimum atomic E-state index is -0.110. The van der Waals surface area contributed by atoms with E-state index in [-0.39, 0.29) is 5.97 Å². The summed E-state index contributed by atoms with van der Waals surface area (Å²) in [5, 5.41) is 3.26. The molecule has 3 nitrogen and oxygen atoms in total. The van der Waals surface area contributed by atoms with Gasteiger partial charge in [-0.25, -0.2) is 0 Å². The highest BCUT2D eigenvalue weighted by molar-refractivity contribution is 7.99. The SMILES string of the molecule is CCCCOC(=O)CNC1CCSCC1. The van der Waals surface area contributed by atoms with Crippen LogP contribution >= 0.6 is 11.8 Å². The molecule has 1 heterocycles. The Labute approximate surface area is 96.3 Å². The normalized spacial score (nSPS) is 17.7. The molecule has 15 heavy (non-hydrogen) atoms.